The van der Waals surface area contributed by atoms with Crippen molar-refractivity contribution in [2.24, 2.45) is 0 Å². The van der Waals surface area contributed by atoms with Gasteiger partial charge in [-0.25, -0.2) is 0 Å². The van der Waals surface area contributed by atoms with Crippen LogP contribution in [0, 0.1) is 0 Å². The van der Waals surface area contributed by atoms with Crippen LogP contribution in [0.1, 0.15) is 50.5 Å². The highest BCUT2D eigenvalue weighted by Gasteiger charge is 2.41. The Balaban J connectivity index is 2.16. The van der Waals surface area contributed by atoms with Crippen LogP contribution in [0.5, 0.6) is 0 Å². The third-order valence-electron chi connectivity index (χ3n) is 4.40. The SMILES string of the molecule is C[C@@H]1CN([C@@H](NC(=O)c2ccc(C(C)(C)C)cc2)C(Cl)(Cl)Cl)C[C@@H](C)O1. The maximum Gasteiger partial charge on any atom is 0.252 e. The molecule has 4 nitrogen and oxygen atoms in total. The zero-order chi connectivity index (χ0) is 19.7. The molecule has 2 rings (SSSR count). The predicted octanol–water partition coefficient (Wildman–Crippen LogP) is 4.52. The van der Waals surface area contributed by atoms with E-state index in [0.717, 1.165) is 5.56 Å². The summed E-state index contributed by atoms with van der Waals surface area (Å²) in [4.78, 5) is 14.7. The van der Waals surface area contributed by atoms with Crippen LogP contribution >= 0.6 is 34.8 Å². The van der Waals surface area contributed by atoms with E-state index in [1.165, 1.54) is 0 Å². The lowest BCUT2D eigenvalue weighted by atomic mass is 9.87. The molecule has 0 saturated carbocycles. The Morgan fingerprint density at radius 2 is 1.62 bits per heavy atom. The lowest BCUT2D eigenvalue weighted by Crippen LogP contribution is -2.60. The molecule has 0 aliphatic carbocycles. The fraction of sp³-hybridized carbons (Fsp3) is 0.632. The first-order chi connectivity index (χ1) is 11.9. The summed E-state index contributed by atoms with van der Waals surface area (Å²) in [7, 11) is 0. The van der Waals surface area contributed by atoms with Gasteiger partial charge in [0.05, 0.1) is 12.2 Å². The van der Waals surface area contributed by atoms with E-state index in [9.17, 15) is 4.79 Å². The van der Waals surface area contributed by atoms with E-state index in [1.54, 1.807) is 12.1 Å². The molecule has 1 aliphatic heterocycles. The number of carbonyl (C=O) groups excluding carboxylic acids is 1. The molecular weight excluding hydrogens is 395 g/mol. The molecule has 0 spiro atoms. The second-order valence-corrected chi connectivity index (χ2v) is 10.3. The number of benzene rings is 1. The zero-order valence-corrected chi connectivity index (χ0v) is 18.1. The predicted molar refractivity (Wildman–Crippen MR) is 108 cm³/mol. The Morgan fingerprint density at radius 3 is 2.04 bits per heavy atom. The number of alkyl halides is 3. The van der Waals surface area contributed by atoms with Gasteiger partial charge in [0.1, 0.15) is 6.17 Å². The molecule has 146 valence electrons. The van der Waals surface area contributed by atoms with Crippen LogP contribution in [0.4, 0.5) is 0 Å². The van der Waals surface area contributed by atoms with Crippen molar-refractivity contribution < 1.29 is 9.53 Å². The van der Waals surface area contributed by atoms with E-state index in [4.69, 9.17) is 39.5 Å². The van der Waals surface area contributed by atoms with E-state index in [1.807, 2.05) is 30.9 Å². The monoisotopic (exact) mass is 420 g/mol. The first-order valence-corrected chi connectivity index (χ1v) is 9.89. The molecule has 3 atom stereocenters. The van der Waals surface area contributed by atoms with E-state index in [0.29, 0.717) is 18.7 Å². The van der Waals surface area contributed by atoms with Crippen molar-refractivity contribution in [3.8, 4) is 0 Å². The van der Waals surface area contributed by atoms with Crippen LogP contribution < -0.4 is 5.32 Å². The summed E-state index contributed by atoms with van der Waals surface area (Å²) in [5, 5.41) is 2.88. The number of hydrogen-bond acceptors (Lipinski definition) is 3. The lowest BCUT2D eigenvalue weighted by Gasteiger charge is -2.42. The summed E-state index contributed by atoms with van der Waals surface area (Å²) in [6.07, 6.45) is -0.746. The van der Waals surface area contributed by atoms with Gasteiger partial charge in [-0.05, 0) is 37.0 Å². The highest BCUT2D eigenvalue weighted by atomic mass is 35.6. The fourth-order valence-electron chi connectivity index (χ4n) is 3.14. The molecule has 0 aromatic heterocycles. The molecule has 1 heterocycles. The number of morpholine rings is 1. The summed E-state index contributed by atoms with van der Waals surface area (Å²) >= 11 is 18.5. The summed E-state index contributed by atoms with van der Waals surface area (Å²) < 4.78 is 4.08. The second kappa shape index (κ2) is 8.24. The summed E-state index contributed by atoms with van der Waals surface area (Å²) in [6, 6.07) is 7.52. The molecule has 7 heteroatoms. The number of halogens is 3. The van der Waals surface area contributed by atoms with E-state index < -0.39 is 9.96 Å². The molecule has 1 aromatic carbocycles. The molecule has 1 saturated heterocycles. The number of carbonyl (C=O) groups is 1. The quantitative estimate of drug-likeness (QED) is 0.730. The van der Waals surface area contributed by atoms with Crippen LogP contribution in [-0.4, -0.2) is 46.1 Å². The van der Waals surface area contributed by atoms with Crippen molar-refractivity contribution >= 4 is 40.7 Å². The van der Waals surface area contributed by atoms with Gasteiger partial charge in [0.2, 0.25) is 3.79 Å². The Bertz CT molecular complexity index is 613. The smallest absolute Gasteiger partial charge is 0.252 e. The second-order valence-electron chi connectivity index (χ2n) is 7.96. The van der Waals surface area contributed by atoms with Crippen molar-refractivity contribution in [2.45, 2.75) is 62.2 Å². The van der Waals surface area contributed by atoms with Crippen LogP contribution in [0.15, 0.2) is 24.3 Å². The highest BCUT2D eigenvalue weighted by molar-refractivity contribution is 6.68. The van der Waals surface area contributed by atoms with Crippen molar-refractivity contribution in [2.75, 3.05) is 13.1 Å². The fourth-order valence-corrected chi connectivity index (χ4v) is 3.72. The number of hydrogen-bond donors (Lipinski definition) is 1. The minimum absolute atomic E-state index is 0.00317. The normalized spacial score (nSPS) is 23.5. The van der Waals surface area contributed by atoms with Crippen molar-refractivity contribution in [3.63, 3.8) is 0 Å². The molecule has 1 fully saturated rings. The number of ether oxygens (including phenoxy) is 1. The molecule has 0 radical (unpaired) electrons. The van der Waals surface area contributed by atoms with Crippen molar-refractivity contribution in [3.05, 3.63) is 35.4 Å². The number of amides is 1. The summed E-state index contributed by atoms with van der Waals surface area (Å²) in [5.41, 5.74) is 1.71. The lowest BCUT2D eigenvalue weighted by molar-refractivity contribution is -0.0826. The van der Waals surface area contributed by atoms with Crippen molar-refractivity contribution in [1.29, 1.82) is 0 Å². The average molecular weight is 422 g/mol. The first kappa shape index (κ1) is 21.8. The first-order valence-electron chi connectivity index (χ1n) is 8.75. The molecule has 26 heavy (non-hydrogen) atoms. The largest absolute Gasteiger partial charge is 0.373 e. The Hall–Kier alpha value is -0.520. The summed E-state index contributed by atoms with van der Waals surface area (Å²) in [6.45, 7) is 11.5. The topological polar surface area (TPSA) is 41.6 Å². The molecule has 1 N–H and O–H groups in total. The van der Waals surface area contributed by atoms with Gasteiger partial charge in [0.15, 0.2) is 0 Å². The van der Waals surface area contributed by atoms with E-state index in [-0.39, 0.29) is 23.5 Å². The van der Waals surface area contributed by atoms with Crippen LogP contribution in [0.2, 0.25) is 0 Å². The van der Waals surface area contributed by atoms with Gasteiger partial charge in [0, 0.05) is 18.7 Å². The molecule has 0 bridgehead atoms. The third kappa shape index (κ3) is 5.74. The van der Waals surface area contributed by atoms with Crippen LogP contribution in [0.3, 0.4) is 0 Å². The van der Waals surface area contributed by atoms with Gasteiger partial charge in [-0.2, -0.15) is 0 Å². The van der Waals surface area contributed by atoms with E-state index >= 15 is 0 Å². The zero-order valence-electron chi connectivity index (χ0n) is 15.9. The Labute approximate surface area is 171 Å². The van der Waals surface area contributed by atoms with Gasteiger partial charge in [-0.1, -0.05) is 67.7 Å². The molecule has 1 amide bonds. The van der Waals surface area contributed by atoms with Crippen LogP contribution in [0.25, 0.3) is 0 Å². The molecule has 0 unspecified atom stereocenters. The molecular formula is C19H27Cl3N2O2. The van der Waals surface area contributed by atoms with Gasteiger partial charge < -0.3 is 10.1 Å². The molecule has 1 aliphatic rings. The van der Waals surface area contributed by atoms with Crippen LogP contribution in [-0.2, 0) is 10.2 Å². The maximum atomic E-state index is 12.7. The number of rotatable bonds is 3. The minimum atomic E-state index is -1.65. The van der Waals surface area contributed by atoms with Crippen molar-refractivity contribution in [1.82, 2.24) is 10.2 Å². The van der Waals surface area contributed by atoms with Gasteiger partial charge in [0.25, 0.3) is 5.91 Å². The van der Waals surface area contributed by atoms with E-state index in [2.05, 4.69) is 26.1 Å². The summed E-state index contributed by atoms with van der Waals surface area (Å²) in [5.74, 6) is -0.270. The van der Waals surface area contributed by atoms with Gasteiger partial charge in [-0.15, -0.1) is 0 Å². The van der Waals surface area contributed by atoms with Gasteiger partial charge >= 0.3 is 0 Å². The third-order valence-corrected chi connectivity index (χ3v) is 5.02. The minimum Gasteiger partial charge on any atom is -0.373 e. The Morgan fingerprint density at radius 1 is 1.12 bits per heavy atom. The van der Waals surface area contributed by atoms with Gasteiger partial charge in [-0.3, -0.25) is 9.69 Å². The number of nitrogens with one attached hydrogen (secondary N) is 1. The standard InChI is InChI=1S/C19H27Cl3N2O2/c1-12-10-24(11-13(2)26-12)17(19(20,21)22)23-16(25)14-6-8-15(9-7-14)18(3,4)5/h6-9,12-13,17H,10-11H2,1-5H3,(H,23,25)/t12-,13-,17-/m1/s1. The highest BCUT2D eigenvalue weighted by Crippen LogP contribution is 2.33. The Kier molecular flexibility index (Phi) is 6.90. The number of nitrogens with zero attached hydrogens (tertiary/aromatic N) is 1. The molecule has 1 aromatic rings. The average Bonchev–Trinajstić information content (AvgIpc) is 2.49. The maximum absolute atomic E-state index is 12.7.